The second kappa shape index (κ2) is 6.08. The third-order valence-corrected chi connectivity index (χ3v) is 3.32. The number of fused-ring (bicyclic) bond motifs is 1. The van der Waals surface area contributed by atoms with Gasteiger partial charge in [0.2, 0.25) is 0 Å². The molecule has 2 aromatic rings. The van der Waals surface area contributed by atoms with E-state index in [9.17, 15) is 5.11 Å². The fraction of sp³-hybridized carbons (Fsp3) is 0.467. The number of aliphatic hydroxyl groups is 1. The van der Waals surface area contributed by atoms with Crippen molar-refractivity contribution in [2.24, 2.45) is 5.92 Å². The van der Waals surface area contributed by atoms with Crippen molar-refractivity contribution in [2.45, 2.75) is 26.4 Å². The number of hydrogen-bond donors (Lipinski definition) is 2. The zero-order valence-corrected chi connectivity index (χ0v) is 11.6. The minimum absolute atomic E-state index is 0.0788. The highest BCUT2D eigenvalue weighted by Gasteiger charge is 2.13. The summed E-state index contributed by atoms with van der Waals surface area (Å²) >= 11 is 0. The van der Waals surface area contributed by atoms with Gasteiger partial charge >= 0.3 is 0 Å². The van der Waals surface area contributed by atoms with E-state index in [1.54, 1.807) is 7.11 Å². The van der Waals surface area contributed by atoms with Crippen LogP contribution in [0.1, 0.15) is 19.6 Å². The number of furan rings is 1. The van der Waals surface area contributed by atoms with E-state index in [2.05, 4.69) is 19.2 Å². The van der Waals surface area contributed by atoms with E-state index < -0.39 is 0 Å². The van der Waals surface area contributed by atoms with Gasteiger partial charge < -0.3 is 19.6 Å². The van der Waals surface area contributed by atoms with Crippen LogP contribution in [-0.2, 0) is 6.54 Å². The molecule has 19 heavy (non-hydrogen) atoms. The van der Waals surface area contributed by atoms with Crippen LogP contribution in [0, 0.1) is 5.92 Å². The van der Waals surface area contributed by atoms with Gasteiger partial charge in [-0.3, -0.25) is 0 Å². The maximum Gasteiger partial charge on any atom is 0.176 e. The van der Waals surface area contributed by atoms with Crippen molar-refractivity contribution in [1.82, 2.24) is 5.32 Å². The fourth-order valence-corrected chi connectivity index (χ4v) is 2.08. The predicted molar refractivity (Wildman–Crippen MR) is 75.3 cm³/mol. The molecule has 0 saturated carbocycles. The molecule has 0 aliphatic rings. The molecule has 0 fully saturated rings. The number of benzene rings is 1. The lowest BCUT2D eigenvalue weighted by Crippen LogP contribution is -2.36. The summed E-state index contributed by atoms with van der Waals surface area (Å²) in [5.74, 6) is 1.97. The van der Waals surface area contributed by atoms with Gasteiger partial charge in [0, 0.05) is 11.4 Å². The third kappa shape index (κ3) is 3.08. The number of hydrogen-bond acceptors (Lipinski definition) is 4. The Balaban J connectivity index is 2.13. The first kappa shape index (κ1) is 13.9. The van der Waals surface area contributed by atoms with Crippen LogP contribution in [-0.4, -0.2) is 24.9 Å². The average molecular weight is 263 g/mol. The molecule has 0 radical (unpaired) electrons. The van der Waals surface area contributed by atoms with Crippen LogP contribution in [0.3, 0.4) is 0 Å². The van der Waals surface area contributed by atoms with Gasteiger partial charge in [-0.25, -0.2) is 0 Å². The van der Waals surface area contributed by atoms with Crippen molar-refractivity contribution in [3.8, 4) is 5.75 Å². The van der Waals surface area contributed by atoms with Gasteiger partial charge in [-0.1, -0.05) is 26.0 Å². The second-order valence-corrected chi connectivity index (χ2v) is 5.01. The van der Waals surface area contributed by atoms with Crippen molar-refractivity contribution < 1.29 is 14.3 Å². The SMILES string of the molecule is COc1cccc2cc(CN[C@H](CO)C(C)C)oc12. The molecule has 1 heterocycles. The Morgan fingerprint density at radius 2 is 2.16 bits per heavy atom. The van der Waals surface area contributed by atoms with Gasteiger partial charge in [0.05, 0.1) is 20.3 Å². The monoisotopic (exact) mass is 263 g/mol. The van der Waals surface area contributed by atoms with E-state index in [0.29, 0.717) is 12.5 Å². The van der Waals surface area contributed by atoms with E-state index in [1.165, 1.54) is 0 Å². The molecule has 0 aliphatic heterocycles. The Hall–Kier alpha value is -1.52. The smallest absolute Gasteiger partial charge is 0.176 e. The average Bonchev–Trinajstić information content (AvgIpc) is 2.81. The van der Waals surface area contributed by atoms with Crippen LogP contribution in [0.15, 0.2) is 28.7 Å². The van der Waals surface area contributed by atoms with E-state index in [4.69, 9.17) is 9.15 Å². The summed E-state index contributed by atoms with van der Waals surface area (Å²) in [5, 5.41) is 13.6. The number of aliphatic hydroxyl groups excluding tert-OH is 1. The molecule has 2 N–H and O–H groups in total. The van der Waals surface area contributed by atoms with Gasteiger partial charge in [0.15, 0.2) is 11.3 Å². The van der Waals surface area contributed by atoms with Crippen LogP contribution in [0.4, 0.5) is 0 Å². The zero-order valence-electron chi connectivity index (χ0n) is 11.6. The van der Waals surface area contributed by atoms with Gasteiger partial charge in [-0.2, -0.15) is 0 Å². The molecule has 0 amide bonds. The Labute approximate surface area is 113 Å². The maximum absolute atomic E-state index is 9.28. The summed E-state index contributed by atoms with van der Waals surface area (Å²) in [6.45, 7) is 4.88. The van der Waals surface area contributed by atoms with Gasteiger partial charge in [0.25, 0.3) is 0 Å². The minimum atomic E-state index is 0.0788. The van der Waals surface area contributed by atoms with E-state index in [-0.39, 0.29) is 12.6 Å². The van der Waals surface area contributed by atoms with Gasteiger partial charge in [-0.15, -0.1) is 0 Å². The van der Waals surface area contributed by atoms with Crippen LogP contribution in [0.2, 0.25) is 0 Å². The van der Waals surface area contributed by atoms with E-state index >= 15 is 0 Å². The van der Waals surface area contributed by atoms with Crippen LogP contribution < -0.4 is 10.1 Å². The molecular formula is C15H21NO3. The Kier molecular flexibility index (Phi) is 4.45. The van der Waals surface area contributed by atoms with E-state index in [1.807, 2.05) is 24.3 Å². The molecule has 4 nitrogen and oxygen atoms in total. The van der Waals surface area contributed by atoms with Crippen LogP contribution in [0.25, 0.3) is 11.0 Å². The molecular weight excluding hydrogens is 242 g/mol. The summed E-state index contributed by atoms with van der Waals surface area (Å²) in [5.41, 5.74) is 0.770. The summed E-state index contributed by atoms with van der Waals surface area (Å²) in [4.78, 5) is 0. The first-order valence-corrected chi connectivity index (χ1v) is 6.55. The topological polar surface area (TPSA) is 54.6 Å². The second-order valence-electron chi connectivity index (χ2n) is 5.01. The number of ether oxygens (including phenoxy) is 1. The summed E-state index contributed by atoms with van der Waals surface area (Å²) in [6, 6.07) is 7.90. The van der Waals surface area contributed by atoms with Gasteiger partial charge in [0.1, 0.15) is 5.76 Å². The number of para-hydroxylation sites is 1. The first-order chi connectivity index (χ1) is 9.15. The van der Waals surface area contributed by atoms with Crippen molar-refractivity contribution in [1.29, 1.82) is 0 Å². The molecule has 1 aromatic carbocycles. The molecule has 4 heteroatoms. The minimum Gasteiger partial charge on any atom is -0.493 e. The molecule has 1 aromatic heterocycles. The van der Waals surface area contributed by atoms with Gasteiger partial charge in [-0.05, 0) is 18.1 Å². The Bertz CT molecular complexity index is 533. The number of nitrogens with one attached hydrogen (secondary N) is 1. The number of methoxy groups -OCH3 is 1. The highest BCUT2D eigenvalue weighted by atomic mass is 16.5. The first-order valence-electron chi connectivity index (χ1n) is 6.55. The van der Waals surface area contributed by atoms with Crippen LogP contribution >= 0.6 is 0 Å². The quantitative estimate of drug-likeness (QED) is 0.841. The lowest BCUT2D eigenvalue weighted by atomic mass is 10.1. The molecule has 0 saturated heterocycles. The van der Waals surface area contributed by atoms with Crippen molar-refractivity contribution in [3.63, 3.8) is 0 Å². The lowest BCUT2D eigenvalue weighted by Gasteiger charge is -2.18. The molecule has 0 unspecified atom stereocenters. The van der Waals surface area contributed by atoms with E-state index in [0.717, 1.165) is 22.5 Å². The lowest BCUT2D eigenvalue weighted by molar-refractivity contribution is 0.207. The van der Waals surface area contributed by atoms with Crippen molar-refractivity contribution >= 4 is 11.0 Å². The van der Waals surface area contributed by atoms with Crippen molar-refractivity contribution in [3.05, 3.63) is 30.0 Å². The number of rotatable bonds is 6. The highest BCUT2D eigenvalue weighted by molar-refractivity contribution is 5.83. The third-order valence-electron chi connectivity index (χ3n) is 3.32. The molecule has 104 valence electrons. The molecule has 0 aliphatic carbocycles. The normalized spacial score (nSPS) is 13.1. The summed E-state index contributed by atoms with van der Waals surface area (Å²) in [6.07, 6.45) is 0. The standard InChI is InChI=1S/C15H21NO3/c1-10(2)13(9-17)16-8-12-7-11-5-4-6-14(18-3)15(11)19-12/h4-7,10,13,16-17H,8-9H2,1-3H3/t13-/m1/s1. The fourth-order valence-electron chi connectivity index (χ4n) is 2.08. The maximum atomic E-state index is 9.28. The zero-order chi connectivity index (χ0) is 13.8. The van der Waals surface area contributed by atoms with Crippen LogP contribution in [0.5, 0.6) is 5.75 Å². The summed E-state index contributed by atoms with van der Waals surface area (Å²) < 4.78 is 11.1. The molecule has 2 rings (SSSR count). The summed E-state index contributed by atoms with van der Waals surface area (Å²) in [7, 11) is 1.63. The Morgan fingerprint density at radius 3 is 2.79 bits per heavy atom. The molecule has 1 atom stereocenters. The van der Waals surface area contributed by atoms with Crippen molar-refractivity contribution in [2.75, 3.05) is 13.7 Å². The Morgan fingerprint density at radius 1 is 1.37 bits per heavy atom. The highest BCUT2D eigenvalue weighted by Crippen LogP contribution is 2.28. The largest absolute Gasteiger partial charge is 0.493 e. The predicted octanol–water partition coefficient (Wildman–Crippen LogP) is 2.55. The molecule has 0 bridgehead atoms. The molecule has 0 spiro atoms.